The van der Waals surface area contributed by atoms with Gasteiger partial charge in [-0.1, -0.05) is 24.3 Å². The number of nitrogens with one attached hydrogen (secondary N) is 1. The molecule has 0 spiro atoms. The second kappa shape index (κ2) is 7.77. The van der Waals surface area contributed by atoms with Crippen molar-refractivity contribution >= 4 is 15.7 Å². The normalized spacial score (nSPS) is 11.8. The van der Waals surface area contributed by atoms with Crippen LogP contribution in [0.4, 0.5) is 13.2 Å². The van der Waals surface area contributed by atoms with Crippen molar-refractivity contribution in [3.05, 3.63) is 59.7 Å². The summed E-state index contributed by atoms with van der Waals surface area (Å²) in [7, 11) is -3.27. The second-order valence-corrected chi connectivity index (χ2v) is 7.58. The molecule has 140 valence electrons. The van der Waals surface area contributed by atoms with Crippen molar-refractivity contribution in [1.29, 1.82) is 0 Å². The quantitative estimate of drug-likeness (QED) is 0.827. The maximum Gasteiger partial charge on any atom is 0.573 e. The minimum atomic E-state index is -4.76. The lowest BCUT2D eigenvalue weighted by Gasteiger charge is -2.09. The standard InChI is InChI=1S/C17H16F3NO4S/c1-26(23,24)15-8-4-13(5-9-15)11-21-16(22)10-12-2-6-14(7-3-12)25-17(18,19)20/h2-9H,10-11H2,1H3,(H,21,22). The van der Waals surface area contributed by atoms with Crippen molar-refractivity contribution in [3.63, 3.8) is 0 Å². The zero-order chi connectivity index (χ0) is 19.4. The molecule has 26 heavy (non-hydrogen) atoms. The molecular formula is C17H16F3NO4S. The second-order valence-electron chi connectivity index (χ2n) is 5.56. The number of hydrogen-bond donors (Lipinski definition) is 1. The molecule has 0 saturated heterocycles. The van der Waals surface area contributed by atoms with Crippen molar-refractivity contribution in [2.24, 2.45) is 0 Å². The molecule has 0 radical (unpaired) electrons. The van der Waals surface area contributed by atoms with Crippen LogP contribution in [0, 0.1) is 0 Å². The van der Waals surface area contributed by atoms with Crippen molar-refractivity contribution in [2.45, 2.75) is 24.2 Å². The topological polar surface area (TPSA) is 72.5 Å². The lowest BCUT2D eigenvalue weighted by atomic mass is 10.1. The van der Waals surface area contributed by atoms with E-state index in [1.54, 1.807) is 12.1 Å². The monoisotopic (exact) mass is 387 g/mol. The zero-order valence-electron chi connectivity index (χ0n) is 13.7. The van der Waals surface area contributed by atoms with Gasteiger partial charge in [0.2, 0.25) is 5.91 Å². The molecular weight excluding hydrogens is 371 g/mol. The molecule has 0 unspecified atom stereocenters. The lowest BCUT2D eigenvalue weighted by molar-refractivity contribution is -0.274. The Morgan fingerprint density at radius 2 is 1.54 bits per heavy atom. The Labute approximate surface area is 148 Å². The van der Waals surface area contributed by atoms with Crippen LogP contribution in [0.1, 0.15) is 11.1 Å². The first-order valence-corrected chi connectivity index (χ1v) is 9.32. The summed E-state index contributed by atoms with van der Waals surface area (Å²) in [5.41, 5.74) is 1.25. The van der Waals surface area contributed by atoms with Gasteiger partial charge in [-0.3, -0.25) is 4.79 Å². The number of benzene rings is 2. The summed E-state index contributed by atoms with van der Waals surface area (Å²) in [6, 6.07) is 11.1. The van der Waals surface area contributed by atoms with Crippen molar-refractivity contribution in [3.8, 4) is 5.75 Å². The molecule has 0 fully saturated rings. The Hall–Kier alpha value is -2.55. The molecule has 0 atom stereocenters. The van der Waals surface area contributed by atoms with Crippen LogP contribution in [0.25, 0.3) is 0 Å². The Morgan fingerprint density at radius 1 is 1.00 bits per heavy atom. The first kappa shape index (κ1) is 19.8. The summed E-state index contributed by atoms with van der Waals surface area (Å²) in [6.45, 7) is 0.206. The van der Waals surface area contributed by atoms with Crippen LogP contribution in [0.2, 0.25) is 0 Å². The summed E-state index contributed by atoms with van der Waals surface area (Å²) in [5.74, 6) is -0.672. The van der Waals surface area contributed by atoms with Gasteiger partial charge >= 0.3 is 6.36 Å². The molecule has 5 nitrogen and oxygen atoms in total. The van der Waals surface area contributed by atoms with Crippen LogP contribution in [0.5, 0.6) is 5.75 Å². The summed E-state index contributed by atoms with van der Waals surface area (Å²) in [5, 5.41) is 2.66. The van der Waals surface area contributed by atoms with E-state index in [1.807, 2.05) is 0 Å². The Kier molecular flexibility index (Phi) is 5.91. The molecule has 0 aliphatic carbocycles. The number of amides is 1. The molecule has 2 aromatic rings. The van der Waals surface area contributed by atoms with E-state index < -0.39 is 16.2 Å². The predicted octanol–water partition coefficient (Wildman–Crippen LogP) is 2.85. The third-order valence-corrected chi connectivity index (χ3v) is 4.49. The molecule has 0 saturated carbocycles. The fraction of sp³-hybridized carbons (Fsp3) is 0.235. The zero-order valence-corrected chi connectivity index (χ0v) is 14.5. The van der Waals surface area contributed by atoms with Gasteiger partial charge in [0.05, 0.1) is 11.3 Å². The van der Waals surface area contributed by atoms with E-state index in [4.69, 9.17) is 0 Å². The van der Waals surface area contributed by atoms with Crippen LogP contribution in [-0.4, -0.2) is 26.9 Å². The summed E-state index contributed by atoms with van der Waals surface area (Å²) in [4.78, 5) is 12.1. The molecule has 0 bridgehead atoms. The number of sulfone groups is 1. The number of ether oxygens (including phenoxy) is 1. The summed E-state index contributed by atoms with van der Waals surface area (Å²) in [6.07, 6.45) is -3.66. The number of carbonyl (C=O) groups excluding carboxylic acids is 1. The highest BCUT2D eigenvalue weighted by atomic mass is 32.2. The Morgan fingerprint density at radius 3 is 2.04 bits per heavy atom. The van der Waals surface area contributed by atoms with Crippen molar-refractivity contribution < 1.29 is 31.1 Å². The summed E-state index contributed by atoms with van der Waals surface area (Å²) >= 11 is 0. The van der Waals surface area contributed by atoms with E-state index in [9.17, 15) is 26.4 Å². The van der Waals surface area contributed by atoms with Gasteiger partial charge in [0.25, 0.3) is 0 Å². The average molecular weight is 387 g/mol. The SMILES string of the molecule is CS(=O)(=O)c1ccc(CNC(=O)Cc2ccc(OC(F)(F)F)cc2)cc1. The minimum Gasteiger partial charge on any atom is -0.406 e. The van der Waals surface area contributed by atoms with E-state index in [1.165, 1.54) is 24.3 Å². The first-order chi connectivity index (χ1) is 12.0. The van der Waals surface area contributed by atoms with E-state index >= 15 is 0 Å². The molecule has 2 rings (SSSR count). The fourth-order valence-electron chi connectivity index (χ4n) is 2.11. The largest absolute Gasteiger partial charge is 0.573 e. The maximum absolute atomic E-state index is 12.1. The maximum atomic E-state index is 12.1. The lowest BCUT2D eigenvalue weighted by Crippen LogP contribution is -2.24. The smallest absolute Gasteiger partial charge is 0.406 e. The number of halogens is 3. The van der Waals surface area contributed by atoms with Crippen LogP contribution in [-0.2, 0) is 27.6 Å². The van der Waals surface area contributed by atoms with Gasteiger partial charge in [-0.15, -0.1) is 13.2 Å². The van der Waals surface area contributed by atoms with Gasteiger partial charge in [-0.25, -0.2) is 8.42 Å². The highest BCUT2D eigenvalue weighted by Crippen LogP contribution is 2.22. The Balaban J connectivity index is 1.87. The number of rotatable bonds is 6. The molecule has 9 heteroatoms. The Bertz CT molecular complexity index is 860. The molecule has 0 aliphatic rings. The van der Waals surface area contributed by atoms with Gasteiger partial charge in [0.1, 0.15) is 5.75 Å². The van der Waals surface area contributed by atoms with Gasteiger partial charge in [0.15, 0.2) is 9.84 Å². The molecule has 0 heterocycles. The average Bonchev–Trinajstić information content (AvgIpc) is 2.53. The first-order valence-electron chi connectivity index (χ1n) is 7.43. The predicted molar refractivity (Wildman–Crippen MR) is 88.2 cm³/mol. The van der Waals surface area contributed by atoms with E-state index in [0.717, 1.165) is 24.0 Å². The molecule has 0 aromatic heterocycles. The highest BCUT2D eigenvalue weighted by molar-refractivity contribution is 7.90. The van der Waals surface area contributed by atoms with E-state index in [0.29, 0.717) is 5.56 Å². The number of alkyl halides is 3. The van der Waals surface area contributed by atoms with Crippen LogP contribution in [0.15, 0.2) is 53.4 Å². The minimum absolute atomic E-state index is 0.00623. The van der Waals surface area contributed by atoms with Crippen LogP contribution >= 0.6 is 0 Å². The van der Waals surface area contributed by atoms with Crippen molar-refractivity contribution in [1.82, 2.24) is 5.32 Å². The molecule has 2 aromatic carbocycles. The van der Waals surface area contributed by atoms with Gasteiger partial charge < -0.3 is 10.1 Å². The number of hydrogen-bond acceptors (Lipinski definition) is 4. The fourth-order valence-corrected chi connectivity index (χ4v) is 2.74. The molecule has 1 amide bonds. The van der Waals surface area contributed by atoms with Crippen LogP contribution in [0.3, 0.4) is 0 Å². The number of carbonyl (C=O) groups is 1. The van der Waals surface area contributed by atoms with Gasteiger partial charge in [-0.2, -0.15) is 0 Å². The van der Waals surface area contributed by atoms with Gasteiger partial charge in [-0.05, 0) is 35.4 Å². The van der Waals surface area contributed by atoms with Gasteiger partial charge in [0, 0.05) is 12.8 Å². The summed E-state index contributed by atoms with van der Waals surface area (Å²) < 4.78 is 62.8. The third kappa shape index (κ3) is 6.40. The van der Waals surface area contributed by atoms with E-state index in [2.05, 4.69) is 10.1 Å². The molecule has 0 aliphatic heterocycles. The van der Waals surface area contributed by atoms with Crippen molar-refractivity contribution in [2.75, 3.05) is 6.26 Å². The highest BCUT2D eigenvalue weighted by Gasteiger charge is 2.30. The van der Waals surface area contributed by atoms with E-state index in [-0.39, 0.29) is 29.5 Å². The molecule has 1 N–H and O–H groups in total. The third-order valence-electron chi connectivity index (χ3n) is 3.36. The van der Waals surface area contributed by atoms with Crippen LogP contribution < -0.4 is 10.1 Å².